The molecule has 0 spiro atoms. The molecule has 0 aliphatic heterocycles. The molecule has 30 heavy (non-hydrogen) atoms. The number of hydrogen-bond donors (Lipinski definition) is 2. The molecule has 0 radical (unpaired) electrons. The van der Waals surface area contributed by atoms with Crippen LogP contribution in [0.2, 0.25) is 0 Å². The molecule has 1 amide bonds. The van der Waals surface area contributed by atoms with Crippen molar-refractivity contribution in [2.45, 2.75) is 45.2 Å². The monoisotopic (exact) mass is 417 g/mol. The molecule has 2 N–H and O–H groups in total. The van der Waals surface area contributed by atoms with E-state index in [9.17, 15) is 28.7 Å². The molecule has 1 aromatic heterocycles. The van der Waals surface area contributed by atoms with Crippen LogP contribution in [-0.4, -0.2) is 45.3 Å². The average Bonchev–Trinajstić information content (AvgIpc) is 2.69. The van der Waals surface area contributed by atoms with E-state index in [2.05, 4.69) is 10.4 Å². The topological polar surface area (TPSA) is 118 Å². The Morgan fingerprint density at radius 1 is 1.27 bits per heavy atom. The molecule has 8 nitrogen and oxygen atoms in total. The first-order chi connectivity index (χ1) is 14.3. The minimum Gasteiger partial charge on any atom is -0.481 e. The fourth-order valence-corrected chi connectivity index (χ4v) is 3.16. The van der Waals surface area contributed by atoms with Gasteiger partial charge in [-0.15, -0.1) is 0 Å². The lowest BCUT2D eigenvalue weighted by atomic mass is 9.89. The van der Waals surface area contributed by atoms with Crippen LogP contribution in [-0.2, 0) is 20.9 Å². The number of benzene rings is 1. The summed E-state index contributed by atoms with van der Waals surface area (Å²) in [5.41, 5.74) is 0.773. The van der Waals surface area contributed by atoms with Gasteiger partial charge in [0, 0.05) is 18.2 Å². The van der Waals surface area contributed by atoms with Gasteiger partial charge >= 0.3 is 5.97 Å². The smallest absolute Gasteiger partial charge is 0.313 e. The van der Waals surface area contributed by atoms with Gasteiger partial charge in [-0.2, -0.15) is 5.10 Å². The number of amides is 1. The van der Waals surface area contributed by atoms with Gasteiger partial charge in [0.2, 0.25) is 5.91 Å². The van der Waals surface area contributed by atoms with Crippen LogP contribution in [0.15, 0.2) is 41.3 Å². The highest BCUT2D eigenvalue weighted by Crippen LogP contribution is 2.19. The Hall–Kier alpha value is -3.36. The van der Waals surface area contributed by atoms with Crippen LogP contribution in [0, 0.1) is 6.92 Å². The molecule has 2 atom stereocenters. The SMILES string of the molecule is CCCC(=O)NC(C(=O)CF)C(C(=O)O)c1ccnn(Cc2cccc(C)c2)c1=O. The number of carboxylic acids is 1. The van der Waals surface area contributed by atoms with Gasteiger partial charge in [-0.05, 0) is 25.0 Å². The maximum atomic E-state index is 13.1. The van der Waals surface area contributed by atoms with E-state index in [1.54, 1.807) is 13.0 Å². The first-order valence-electron chi connectivity index (χ1n) is 9.50. The summed E-state index contributed by atoms with van der Waals surface area (Å²) in [7, 11) is 0. The quantitative estimate of drug-likeness (QED) is 0.606. The molecule has 0 aliphatic carbocycles. The van der Waals surface area contributed by atoms with Crippen LogP contribution in [0.3, 0.4) is 0 Å². The highest BCUT2D eigenvalue weighted by atomic mass is 19.1. The zero-order valence-corrected chi connectivity index (χ0v) is 16.8. The molecule has 0 bridgehead atoms. The van der Waals surface area contributed by atoms with Gasteiger partial charge in [-0.3, -0.25) is 19.2 Å². The van der Waals surface area contributed by atoms with Crippen LogP contribution in [0.1, 0.15) is 42.4 Å². The third-order valence-electron chi connectivity index (χ3n) is 4.56. The summed E-state index contributed by atoms with van der Waals surface area (Å²) in [6.45, 7) is 2.24. The summed E-state index contributed by atoms with van der Waals surface area (Å²) in [4.78, 5) is 49.0. The summed E-state index contributed by atoms with van der Waals surface area (Å²) in [6, 6.07) is 6.84. The molecular formula is C21H24FN3O5. The van der Waals surface area contributed by atoms with E-state index < -0.39 is 41.9 Å². The highest BCUT2D eigenvalue weighted by Gasteiger charge is 2.38. The van der Waals surface area contributed by atoms with Crippen molar-refractivity contribution in [3.63, 3.8) is 0 Å². The molecule has 0 aliphatic rings. The molecule has 1 heterocycles. The van der Waals surface area contributed by atoms with E-state index in [-0.39, 0.29) is 18.5 Å². The summed E-state index contributed by atoms with van der Waals surface area (Å²) >= 11 is 0. The molecule has 9 heteroatoms. The van der Waals surface area contributed by atoms with Crippen molar-refractivity contribution < 1.29 is 23.9 Å². The predicted octanol–water partition coefficient (Wildman–Crippen LogP) is 1.59. The predicted molar refractivity (Wildman–Crippen MR) is 107 cm³/mol. The Morgan fingerprint density at radius 3 is 2.60 bits per heavy atom. The fraction of sp³-hybridized carbons (Fsp3) is 0.381. The van der Waals surface area contributed by atoms with Gasteiger partial charge in [0.1, 0.15) is 18.6 Å². The average molecular weight is 417 g/mol. The fourth-order valence-electron chi connectivity index (χ4n) is 3.16. The van der Waals surface area contributed by atoms with Crippen LogP contribution < -0.4 is 10.9 Å². The third kappa shape index (κ3) is 5.59. The Bertz CT molecular complexity index is 989. The van der Waals surface area contributed by atoms with E-state index in [1.807, 2.05) is 25.1 Å². The van der Waals surface area contributed by atoms with E-state index in [0.717, 1.165) is 15.8 Å². The summed E-state index contributed by atoms with van der Waals surface area (Å²) in [5.74, 6) is -4.98. The molecule has 0 saturated heterocycles. The minimum absolute atomic E-state index is 0.0380. The van der Waals surface area contributed by atoms with Gasteiger partial charge in [0.15, 0.2) is 5.78 Å². The van der Waals surface area contributed by atoms with Crippen molar-refractivity contribution in [1.29, 1.82) is 0 Å². The first kappa shape index (κ1) is 22.9. The van der Waals surface area contributed by atoms with Gasteiger partial charge in [0.25, 0.3) is 5.56 Å². The number of Topliss-reactive ketones (excluding diaryl/α,β-unsaturated/α-hetero) is 1. The van der Waals surface area contributed by atoms with Crippen LogP contribution >= 0.6 is 0 Å². The van der Waals surface area contributed by atoms with Crippen molar-refractivity contribution >= 4 is 17.7 Å². The van der Waals surface area contributed by atoms with Crippen molar-refractivity contribution in [3.05, 3.63) is 63.6 Å². The summed E-state index contributed by atoms with van der Waals surface area (Å²) < 4.78 is 14.2. The molecular weight excluding hydrogens is 393 g/mol. The van der Waals surface area contributed by atoms with Crippen molar-refractivity contribution in [3.8, 4) is 0 Å². The van der Waals surface area contributed by atoms with Gasteiger partial charge < -0.3 is 10.4 Å². The number of carbonyl (C=O) groups excluding carboxylic acids is 2. The number of aryl methyl sites for hydroxylation is 1. The molecule has 160 valence electrons. The van der Waals surface area contributed by atoms with Crippen LogP contribution in [0.4, 0.5) is 4.39 Å². The number of rotatable bonds is 10. The van der Waals surface area contributed by atoms with E-state index in [0.29, 0.717) is 6.42 Å². The van der Waals surface area contributed by atoms with E-state index in [1.165, 1.54) is 12.3 Å². The van der Waals surface area contributed by atoms with Crippen molar-refractivity contribution in [1.82, 2.24) is 15.1 Å². The van der Waals surface area contributed by atoms with Gasteiger partial charge in [-0.1, -0.05) is 36.8 Å². The zero-order valence-electron chi connectivity index (χ0n) is 16.8. The second-order valence-electron chi connectivity index (χ2n) is 6.95. The molecule has 0 saturated carbocycles. The number of aliphatic carboxylic acids is 1. The largest absolute Gasteiger partial charge is 0.481 e. The zero-order chi connectivity index (χ0) is 22.3. The number of hydrogen-bond acceptors (Lipinski definition) is 5. The lowest BCUT2D eigenvalue weighted by molar-refractivity contribution is -0.142. The number of nitrogens with zero attached hydrogens (tertiary/aromatic N) is 2. The number of carbonyl (C=O) groups is 3. The number of aromatic nitrogens is 2. The Labute approximate surface area is 172 Å². The molecule has 2 rings (SSSR count). The second-order valence-corrected chi connectivity index (χ2v) is 6.95. The molecule has 0 fully saturated rings. The highest BCUT2D eigenvalue weighted by molar-refractivity contribution is 5.95. The third-order valence-corrected chi connectivity index (χ3v) is 4.56. The Morgan fingerprint density at radius 2 is 2.00 bits per heavy atom. The number of halogens is 1. The van der Waals surface area contributed by atoms with Gasteiger partial charge in [0.05, 0.1) is 6.54 Å². The van der Waals surface area contributed by atoms with Gasteiger partial charge in [-0.25, -0.2) is 9.07 Å². The minimum atomic E-state index is -1.74. The summed E-state index contributed by atoms with van der Waals surface area (Å²) in [6.07, 6.45) is 1.74. The van der Waals surface area contributed by atoms with Crippen LogP contribution in [0.25, 0.3) is 0 Å². The maximum Gasteiger partial charge on any atom is 0.313 e. The molecule has 2 unspecified atom stereocenters. The van der Waals surface area contributed by atoms with E-state index in [4.69, 9.17) is 0 Å². The normalized spacial score (nSPS) is 12.8. The molecule has 1 aromatic carbocycles. The first-order valence-corrected chi connectivity index (χ1v) is 9.50. The number of carboxylic acid groups (broad SMARTS) is 1. The molecule has 2 aromatic rings. The maximum absolute atomic E-state index is 13.1. The van der Waals surface area contributed by atoms with Crippen molar-refractivity contribution in [2.24, 2.45) is 0 Å². The number of ketones is 1. The van der Waals surface area contributed by atoms with Crippen LogP contribution in [0.5, 0.6) is 0 Å². The number of nitrogens with one attached hydrogen (secondary N) is 1. The Kier molecular flexibility index (Phi) is 7.97. The lowest BCUT2D eigenvalue weighted by Gasteiger charge is -2.23. The Balaban J connectivity index is 2.47. The lowest BCUT2D eigenvalue weighted by Crippen LogP contribution is -2.49. The summed E-state index contributed by atoms with van der Waals surface area (Å²) in [5, 5.41) is 16.0. The second kappa shape index (κ2) is 10.4. The standard InChI is InChI=1S/C21H24FN3O5/c1-3-5-17(27)24-19(16(26)11-22)18(21(29)30)15-8-9-23-25(20(15)28)12-14-7-4-6-13(2)10-14/h4,6-10,18-19H,3,5,11-12H2,1-2H3,(H,24,27)(H,29,30). The van der Waals surface area contributed by atoms with Crippen molar-refractivity contribution in [2.75, 3.05) is 6.67 Å². The van der Waals surface area contributed by atoms with E-state index >= 15 is 0 Å². The number of alkyl halides is 1.